The van der Waals surface area contributed by atoms with Gasteiger partial charge >= 0.3 is 5.97 Å². The van der Waals surface area contributed by atoms with Crippen LogP contribution >= 0.6 is 0 Å². The number of carbonyl (C=O) groups is 1. The summed E-state index contributed by atoms with van der Waals surface area (Å²) in [5.41, 5.74) is 3.01. The standard InChI is InChI=1S/C18H21N3O2/c1-2-7-16-20-15-12-19-14-9-4-3-8-13(14)18(15)21(16)11-6-5-10-17(22)23/h3-4,8-9,12H,2,5-7,10-11H2,1H3,(H,22,23). The highest BCUT2D eigenvalue weighted by molar-refractivity contribution is 6.02. The first-order valence-corrected chi connectivity index (χ1v) is 8.15. The maximum Gasteiger partial charge on any atom is 0.303 e. The van der Waals surface area contributed by atoms with Crippen LogP contribution in [0.15, 0.2) is 30.5 Å². The zero-order chi connectivity index (χ0) is 16.2. The molecule has 2 heterocycles. The van der Waals surface area contributed by atoms with E-state index in [0.29, 0.717) is 6.42 Å². The highest BCUT2D eigenvalue weighted by Crippen LogP contribution is 2.25. The fourth-order valence-corrected chi connectivity index (χ4v) is 3.01. The summed E-state index contributed by atoms with van der Waals surface area (Å²) >= 11 is 0. The van der Waals surface area contributed by atoms with Crippen molar-refractivity contribution < 1.29 is 9.90 Å². The number of imidazole rings is 1. The van der Waals surface area contributed by atoms with E-state index in [0.717, 1.165) is 53.6 Å². The number of carboxylic acids is 1. The molecule has 0 aliphatic carbocycles. The van der Waals surface area contributed by atoms with Crippen LogP contribution in [0.3, 0.4) is 0 Å². The van der Waals surface area contributed by atoms with Crippen molar-refractivity contribution in [1.29, 1.82) is 0 Å². The highest BCUT2D eigenvalue weighted by atomic mass is 16.4. The van der Waals surface area contributed by atoms with Crippen LogP contribution in [0.5, 0.6) is 0 Å². The normalized spacial score (nSPS) is 11.3. The molecule has 0 aliphatic heterocycles. The molecule has 0 atom stereocenters. The molecule has 5 heteroatoms. The molecule has 0 aliphatic rings. The largest absolute Gasteiger partial charge is 0.481 e. The number of benzene rings is 1. The molecule has 1 aromatic carbocycles. The van der Waals surface area contributed by atoms with Crippen molar-refractivity contribution in [2.45, 2.75) is 45.6 Å². The summed E-state index contributed by atoms with van der Waals surface area (Å²) in [7, 11) is 0. The highest BCUT2D eigenvalue weighted by Gasteiger charge is 2.13. The third-order valence-corrected chi connectivity index (χ3v) is 4.05. The number of para-hydroxylation sites is 1. The van der Waals surface area contributed by atoms with Gasteiger partial charge in [0.1, 0.15) is 11.3 Å². The van der Waals surface area contributed by atoms with Gasteiger partial charge in [-0.25, -0.2) is 4.98 Å². The number of hydrogen-bond donors (Lipinski definition) is 1. The fourth-order valence-electron chi connectivity index (χ4n) is 3.01. The Hall–Kier alpha value is -2.43. The minimum Gasteiger partial charge on any atom is -0.481 e. The molecule has 0 saturated heterocycles. The SMILES string of the molecule is CCCc1nc2cnc3ccccc3c2n1CCCCC(=O)O. The Morgan fingerprint density at radius 3 is 2.83 bits per heavy atom. The second-order valence-electron chi connectivity index (χ2n) is 5.79. The van der Waals surface area contributed by atoms with Crippen molar-refractivity contribution in [3.05, 3.63) is 36.3 Å². The van der Waals surface area contributed by atoms with Gasteiger partial charge in [-0.15, -0.1) is 0 Å². The van der Waals surface area contributed by atoms with Crippen LogP contribution in [0.2, 0.25) is 0 Å². The van der Waals surface area contributed by atoms with Crippen molar-refractivity contribution in [3.63, 3.8) is 0 Å². The number of aliphatic carboxylic acids is 1. The van der Waals surface area contributed by atoms with Crippen LogP contribution in [0.4, 0.5) is 0 Å². The first-order valence-electron chi connectivity index (χ1n) is 8.15. The summed E-state index contributed by atoms with van der Waals surface area (Å²) in [5, 5.41) is 9.90. The number of aryl methyl sites for hydroxylation is 2. The van der Waals surface area contributed by atoms with Crippen molar-refractivity contribution >= 4 is 27.9 Å². The minimum atomic E-state index is -0.732. The monoisotopic (exact) mass is 311 g/mol. The van der Waals surface area contributed by atoms with Crippen LogP contribution in [-0.4, -0.2) is 25.6 Å². The van der Waals surface area contributed by atoms with Gasteiger partial charge in [-0.3, -0.25) is 9.78 Å². The summed E-state index contributed by atoms with van der Waals surface area (Å²) in [4.78, 5) is 19.9. The predicted octanol–water partition coefficient (Wildman–Crippen LogP) is 3.79. The molecular weight excluding hydrogens is 290 g/mol. The molecule has 2 aromatic heterocycles. The maximum absolute atomic E-state index is 10.7. The summed E-state index contributed by atoms with van der Waals surface area (Å²) < 4.78 is 2.25. The van der Waals surface area contributed by atoms with Crippen molar-refractivity contribution in [2.24, 2.45) is 0 Å². The van der Waals surface area contributed by atoms with Crippen LogP contribution in [0.1, 0.15) is 38.4 Å². The number of unbranched alkanes of at least 4 members (excludes halogenated alkanes) is 1. The number of rotatable bonds is 7. The molecule has 0 amide bonds. The van der Waals surface area contributed by atoms with Gasteiger partial charge in [-0.05, 0) is 25.3 Å². The number of nitrogens with zero attached hydrogens (tertiary/aromatic N) is 3. The summed E-state index contributed by atoms with van der Waals surface area (Å²) in [6.45, 7) is 2.94. The molecule has 23 heavy (non-hydrogen) atoms. The predicted molar refractivity (Wildman–Crippen MR) is 90.5 cm³/mol. The van der Waals surface area contributed by atoms with E-state index in [4.69, 9.17) is 10.1 Å². The van der Waals surface area contributed by atoms with E-state index in [1.165, 1.54) is 0 Å². The van der Waals surface area contributed by atoms with E-state index < -0.39 is 5.97 Å². The Kier molecular flexibility index (Phi) is 4.55. The van der Waals surface area contributed by atoms with E-state index in [2.05, 4.69) is 22.5 Å². The average Bonchev–Trinajstić information content (AvgIpc) is 2.90. The Morgan fingerprint density at radius 2 is 2.04 bits per heavy atom. The molecule has 0 spiro atoms. The summed E-state index contributed by atoms with van der Waals surface area (Å²) in [5.74, 6) is 0.333. The Morgan fingerprint density at radius 1 is 1.22 bits per heavy atom. The van der Waals surface area contributed by atoms with Crippen molar-refractivity contribution in [1.82, 2.24) is 14.5 Å². The van der Waals surface area contributed by atoms with Gasteiger partial charge in [-0.2, -0.15) is 0 Å². The Labute approximate surface area is 135 Å². The fraction of sp³-hybridized carbons (Fsp3) is 0.389. The smallest absolute Gasteiger partial charge is 0.303 e. The quantitative estimate of drug-likeness (QED) is 0.674. The van der Waals surface area contributed by atoms with Crippen molar-refractivity contribution in [2.75, 3.05) is 0 Å². The second kappa shape index (κ2) is 6.77. The van der Waals surface area contributed by atoms with Crippen LogP contribution < -0.4 is 0 Å². The summed E-state index contributed by atoms with van der Waals surface area (Å²) in [6.07, 6.45) is 5.53. The molecule has 0 bridgehead atoms. The topological polar surface area (TPSA) is 68.0 Å². The second-order valence-corrected chi connectivity index (χ2v) is 5.79. The molecule has 0 radical (unpaired) electrons. The molecule has 0 saturated carbocycles. The first kappa shape index (κ1) is 15.5. The van der Waals surface area contributed by atoms with Gasteiger partial charge in [0.2, 0.25) is 0 Å². The Balaban J connectivity index is 2.02. The molecule has 3 aromatic rings. The van der Waals surface area contributed by atoms with E-state index in [9.17, 15) is 4.79 Å². The number of fused-ring (bicyclic) bond motifs is 3. The third kappa shape index (κ3) is 3.18. The molecule has 120 valence electrons. The average molecular weight is 311 g/mol. The van der Waals surface area contributed by atoms with E-state index in [1.807, 2.05) is 24.4 Å². The first-order chi connectivity index (χ1) is 11.2. The molecule has 3 rings (SSSR count). The number of hydrogen-bond acceptors (Lipinski definition) is 3. The van der Waals surface area contributed by atoms with E-state index in [1.54, 1.807) is 0 Å². The van der Waals surface area contributed by atoms with E-state index >= 15 is 0 Å². The number of carboxylic acid groups (broad SMARTS) is 1. The van der Waals surface area contributed by atoms with Gasteiger partial charge in [-0.1, -0.05) is 25.1 Å². The van der Waals surface area contributed by atoms with Gasteiger partial charge in [0, 0.05) is 24.8 Å². The van der Waals surface area contributed by atoms with Crippen LogP contribution in [0, 0.1) is 0 Å². The van der Waals surface area contributed by atoms with E-state index in [-0.39, 0.29) is 6.42 Å². The zero-order valence-corrected chi connectivity index (χ0v) is 13.3. The minimum absolute atomic E-state index is 0.220. The Bertz CT molecular complexity index is 839. The molecule has 5 nitrogen and oxygen atoms in total. The van der Waals surface area contributed by atoms with Crippen LogP contribution in [0.25, 0.3) is 21.9 Å². The van der Waals surface area contributed by atoms with Gasteiger partial charge in [0.05, 0.1) is 17.2 Å². The maximum atomic E-state index is 10.7. The molecule has 1 N–H and O–H groups in total. The van der Waals surface area contributed by atoms with Gasteiger partial charge < -0.3 is 9.67 Å². The third-order valence-electron chi connectivity index (χ3n) is 4.05. The lowest BCUT2D eigenvalue weighted by atomic mass is 10.2. The molecule has 0 fully saturated rings. The summed E-state index contributed by atoms with van der Waals surface area (Å²) in [6, 6.07) is 8.10. The van der Waals surface area contributed by atoms with Gasteiger partial charge in [0.15, 0.2) is 0 Å². The molecule has 0 unspecified atom stereocenters. The zero-order valence-electron chi connectivity index (χ0n) is 13.3. The van der Waals surface area contributed by atoms with Crippen molar-refractivity contribution in [3.8, 4) is 0 Å². The lowest BCUT2D eigenvalue weighted by molar-refractivity contribution is -0.137. The van der Waals surface area contributed by atoms with Gasteiger partial charge in [0.25, 0.3) is 0 Å². The molecular formula is C18H21N3O2. The number of pyridine rings is 1. The number of aromatic nitrogens is 3. The van der Waals surface area contributed by atoms with Crippen LogP contribution in [-0.2, 0) is 17.8 Å². The lowest BCUT2D eigenvalue weighted by Gasteiger charge is -2.09. The lowest BCUT2D eigenvalue weighted by Crippen LogP contribution is -2.05.